The maximum Gasteiger partial charge on any atom is 0.135 e. The zero-order chi connectivity index (χ0) is 14.3. The van der Waals surface area contributed by atoms with Gasteiger partial charge in [-0.3, -0.25) is 0 Å². The number of rotatable bonds is 1. The Morgan fingerprint density at radius 1 is 1.15 bits per heavy atom. The van der Waals surface area contributed by atoms with Gasteiger partial charge in [0.15, 0.2) is 0 Å². The summed E-state index contributed by atoms with van der Waals surface area (Å²) in [5, 5.41) is 0. The number of hydrogen-bond donors (Lipinski definition) is 1. The summed E-state index contributed by atoms with van der Waals surface area (Å²) in [4.78, 5) is 2.67. The van der Waals surface area contributed by atoms with E-state index in [0.29, 0.717) is 0 Å². The molecule has 2 aromatic rings. The Morgan fingerprint density at radius 2 is 1.90 bits per heavy atom. The van der Waals surface area contributed by atoms with Gasteiger partial charge in [-0.25, -0.2) is 0 Å². The first-order chi connectivity index (χ1) is 9.45. The summed E-state index contributed by atoms with van der Waals surface area (Å²) in [6.45, 7) is 6.72. The number of fused-ring (bicyclic) bond motifs is 1. The van der Waals surface area contributed by atoms with E-state index in [0.717, 1.165) is 17.7 Å². The predicted octanol–water partition coefficient (Wildman–Crippen LogP) is 4.57. The summed E-state index contributed by atoms with van der Waals surface area (Å²) in [6, 6.07) is 12.6. The van der Waals surface area contributed by atoms with Crippen LogP contribution in [0.5, 0.6) is 5.75 Å². The predicted molar refractivity (Wildman–Crippen MR) is 84.4 cm³/mol. The fourth-order valence-corrected chi connectivity index (χ4v) is 3.66. The van der Waals surface area contributed by atoms with Gasteiger partial charge in [0.25, 0.3) is 0 Å². The fourth-order valence-electron chi connectivity index (χ4n) is 2.56. The van der Waals surface area contributed by atoms with Crippen LogP contribution in [0.2, 0.25) is 0 Å². The number of hydrogen-bond acceptors (Lipinski definition) is 3. The molecule has 2 nitrogen and oxygen atoms in total. The van der Waals surface area contributed by atoms with Crippen LogP contribution in [0.4, 0.5) is 0 Å². The Hall–Kier alpha value is -1.32. The van der Waals surface area contributed by atoms with E-state index in [-0.39, 0.29) is 17.6 Å². The van der Waals surface area contributed by atoms with Crippen molar-refractivity contribution in [3.8, 4) is 5.75 Å². The van der Waals surface area contributed by atoms with Crippen molar-refractivity contribution >= 4 is 11.3 Å². The van der Waals surface area contributed by atoms with Gasteiger partial charge in [-0.05, 0) is 23.6 Å². The second-order valence-electron chi connectivity index (χ2n) is 6.44. The van der Waals surface area contributed by atoms with Crippen molar-refractivity contribution in [3.05, 3.63) is 51.7 Å². The van der Waals surface area contributed by atoms with E-state index >= 15 is 0 Å². The van der Waals surface area contributed by atoms with E-state index in [1.165, 1.54) is 9.75 Å². The molecule has 2 N–H and O–H groups in total. The zero-order valence-corrected chi connectivity index (χ0v) is 13.0. The number of para-hydroxylation sites is 1. The molecule has 20 heavy (non-hydrogen) atoms. The van der Waals surface area contributed by atoms with Crippen LogP contribution in [-0.2, 0) is 5.41 Å². The minimum absolute atomic E-state index is 0.0603. The van der Waals surface area contributed by atoms with Crippen molar-refractivity contribution in [1.82, 2.24) is 0 Å². The first-order valence-electron chi connectivity index (χ1n) is 7.06. The minimum Gasteiger partial charge on any atom is -0.484 e. The molecule has 0 bridgehead atoms. The lowest BCUT2D eigenvalue weighted by Gasteiger charge is -2.29. The number of thiophene rings is 1. The van der Waals surface area contributed by atoms with Gasteiger partial charge in [0, 0.05) is 27.8 Å². The van der Waals surface area contributed by atoms with Crippen LogP contribution < -0.4 is 10.5 Å². The maximum absolute atomic E-state index is 6.29. The van der Waals surface area contributed by atoms with E-state index in [4.69, 9.17) is 10.5 Å². The van der Waals surface area contributed by atoms with Gasteiger partial charge >= 0.3 is 0 Å². The fraction of sp³-hybridized carbons (Fsp3) is 0.412. The summed E-state index contributed by atoms with van der Waals surface area (Å²) in [7, 11) is 0. The number of nitrogens with two attached hydrogens (primary N) is 1. The molecule has 1 aromatic heterocycles. The molecule has 1 aliphatic rings. The lowest BCUT2D eigenvalue weighted by atomic mass is 9.94. The lowest BCUT2D eigenvalue weighted by Crippen LogP contribution is -2.23. The molecule has 0 fully saturated rings. The third-order valence-corrected chi connectivity index (χ3v) is 5.34. The third kappa shape index (κ3) is 2.48. The standard InChI is InChI=1S/C17H21NOS/c1-17(2,3)16-9-8-15(20-16)14-10-12(18)11-6-4-5-7-13(11)19-14/h4-9,12,14H,10,18H2,1-3H3/t12-,14?/m1/s1. The Labute approximate surface area is 124 Å². The molecular formula is C17H21NOS. The van der Waals surface area contributed by atoms with Crippen molar-refractivity contribution in [2.24, 2.45) is 5.73 Å². The average Bonchev–Trinajstić information content (AvgIpc) is 2.88. The maximum atomic E-state index is 6.29. The van der Waals surface area contributed by atoms with Gasteiger partial charge in [-0.15, -0.1) is 11.3 Å². The van der Waals surface area contributed by atoms with Crippen LogP contribution in [0.15, 0.2) is 36.4 Å². The first-order valence-corrected chi connectivity index (χ1v) is 7.88. The molecule has 0 saturated heterocycles. The highest BCUT2D eigenvalue weighted by Crippen LogP contribution is 2.42. The van der Waals surface area contributed by atoms with Crippen LogP contribution >= 0.6 is 11.3 Å². The minimum atomic E-state index is 0.0603. The first kappa shape index (κ1) is 13.7. The molecule has 3 heteroatoms. The average molecular weight is 287 g/mol. The Bertz CT molecular complexity index is 611. The summed E-state index contributed by atoms with van der Waals surface area (Å²) < 4.78 is 6.14. The van der Waals surface area contributed by atoms with Crippen molar-refractivity contribution in [2.75, 3.05) is 0 Å². The molecule has 106 valence electrons. The van der Waals surface area contributed by atoms with Crippen LogP contribution in [0, 0.1) is 0 Å². The molecule has 0 amide bonds. The molecule has 3 rings (SSSR count). The number of ether oxygens (including phenoxy) is 1. The molecule has 0 radical (unpaired) electrons. The van der Waals surface area contributed by atoms with E-state index in [2.05, 4.69) is 39.0 Å². The van der Waals surface area contributed by atoms with E-state index in [1.807, 2.05) is 29.5 Å². The molecule has 0 saturated carbocycles. The van der Waals surface area contributed by atoms with Crippen molar-refractivity contribution in [1.29, 1.82) is 0 Å². The quantitative estimate of drug-likeness (QED) is 0.834. The van der Waals surface area contributed by atoms with Gasteiger partial charge in [-0.2, -0.15) is 0 Å². The highest BCUT2D eigenvalue weighted by molar-refractivity contribution is 7.12. The number of benzene rings is 1. The monoisotopic (exact) mass is 287 g/mol. The molecule has 2 atom stereocenters. The van der Waals surface area contributed by atoms with Crippen molar-refractivity contribution < 1.29 is 4.74 Å². The van der Waals surface area contributed by atoms with Crippen LogP contribution in [0.3, 0.4) is 0 Å². The zero-order valence-electron chi connectivity index (χ0n) is 12.2. The Morgan fingerprint density at radius 3 is 2.60 bits per heavy atom. The summed E-state index contributed by atoms with van der Waals surface area (Å²) >= 11 is 1.84. The van der Waals surface area contributed by atoms with Gasteiger partial charge < -0.3 is 10.5 Å². The van der Waals surface area contributed by atoms with E-state index < -0.39 is 0 Å². The molecule has 2 heterocycles. The highest BCUT2D eigenvalue weighted by atomic mass is 32.1. The van der Waals surface area contributed by atoms with Gasteiger partial charge in [-0.1, -0.05) is 39.0 Å². The van der Waals surface area contributed by atoms with Crippen LogP contribution in [-0.4, -0.2) is 0 Å². The Kier molecular flexibility index (Phi) is 3.35. The lowest BCUT2D eigenvalue weighted by molar-refractivity contribution is 0.165. The molecule has 1 aromatic carbocycles. The largest absolute Gasteiger partial charge is 0.484 e. The summed E-state index contributed by atoms with van der Waals surface area (Å²) in [5.74, 6) is 0.932. The second kappa shape index (κ2) is 4.90. The highest BCUT2D eigenvalue weighted by Gasteiger charge is 2.28. The molecule has 0 aliphatic carbocycles. The smallest absolute Gasteiger partial charge is 0.135 e. The van der Waals surface area contributed by atoms with Gasteiger partial charge in [0.2, 0.25) is 0 Å². The van der Waals surface area contributed by atoms with Crippen molar-refractivity contribution in [3.63, 3.8) is 0 Å². The molecular weight excluding hydrogens is 266 g/mol. The molecule has 0 spiro atoms. The summed E-state index contributed by atoms with van der Waals surface area (Å²) in [6.07, 6.45) is 0.933. The van der Waals surface area contributed by atoms with E-state index in [1.54, 1.807) is 0 Å². The normalized spacial score (nSPS) is 22.2. The Balaban J connectivity index is 1.88. The third-order valence-electron chi connectivity index (χ3n) is 3.74. The molecule has 1 unspecified atom stereocenters. The molecule has 1 aliphatic heterocycles. The van der Waals surface area contributed by atoms with Gasteiger partial charge in [0.05, 0.1) is 0 Å². The van der Waals surface area contributed by atoms with Gasteiger partial charge in [0.1, 0.15) is 11.9 Å². The van der Waals surface area contributed by atoms with E-state index in [9.17, 15) is 0 Å². The topological polar surface area (TPSA) is 35.2 Å². The van der Waals surface area contributed by atoms with Crippen LogP contribution in [0.1, 0.15) is 54.7 Å². The van der Waals surface area contributed by atoms with Crippen LogP contribution in [0.25, 0.3) is 0 Å². The van der Waals surface area contributed by atoms with Crippen molar-refractivity contribution in [2.45, 2.75) is 44.8 Å². The summed E-state index contributed by atoms with van der Waals surface area (Å²) in [5.41, 5.74) is 7.61. The second-order valence-corrected chi connectivity index (χ2v) is 7.55. The SMILES string of the molecule is CC(C)(C)c1ccc(C2C[C@@H](N)c3ccccc3O2)s1.